The highest BCUT2D eigenvalue weighted by Gasteiger charge is 2.15. The normalized spacial score (nSPS) is 10.4. The minimum atomic E-state index is -1.15. The predicted molar refractivity (Wildman–Crippen MR) is 58.2 cm³/mol. The molecule has 2 N–H and O–H groups in total. The van der Waals surface area contributed by atoms with Crippen LogP contribution in [0, 0.1) is 5.82 Å². The Hall–Kier alpha value is -1.81. The summed E-state index contributed by atoms with van der Waals surface area (Å²) in [5.41, 5.74) is 0.567. The Labute approximate surface area is 95.5 Å². The smallest absolute Gasteiger partial charge is 0.338 e. The van der Waals surface area contributed by atoms with E-state index in [0.717, 1.165) is 0 Å². The maximum atomic E-state index is 13.4. The third-order valence-corrected chi connectivity index (χ3v) is 2.46. The average Bonchev–Trinajstić information content (AvgIpc) is 2.61. The van der Waals surface area contributed by atoms with Crippen molar-refractivity contribution in [3.05, 3.63) is 46.9 Å². The highest BCUT2D eigenvalue weighted by molar-refractivity contribution is 6.32. The van der Waals surface area contributed by atoms with Gasteiger partial charge in [-0.2, -0.15) is 0 Å². The molecule has 0 radical (unpaired) electrons. The van der Waals surface area contributed by atoms with E-state index in [4.69, 9.17) is 16.7 Å². The van der Waals surface area contributed by atoms with Gasteiger partial charge in [-0.15, -0.1) is 0 Å². The van der Waals surface area contributed by atoms with Crippen LogP contribution in [0.2, 0.25) is 5.15 Å². The highest BCUT2D eigenvalue weighted by atomic mass is 35.5. The SMILES string of the molecule is O=C(O)c1cc(-c2ccccc2F)[nH]c1Cl. The third-order valence-electron chi connectivity index (χ3n) is 2.16. The fourth-order valence-electron chi connectivity index (χ4n) is 1.41. The predicted octanol–water partition coefficient (Wildman–Crippen LogP) is 3.17. The second-order valence-corrected chi connectivity index (χ2v) is 3.57. The topological polar surface area (TPSA) is 53.1 Å². The van der Waals surface area contributed by atoms with E-state index >= 15 is 0 Å². The maximum absolute atomic E-state index is 13.4. The molecule has 3 nitrogen and oxygen atoms in total. The standard InChI is InChI=1S/C11H7ClFNO2/c12-10-7(11(15)16)5-9(14-10)6-3-1-2-4-8(6)13/h1-5,14H,(H,15,16). The minimum absolute atomic E-state index is 0.00856. The van der Waals surface area contributed by atoms with Crippen molar-refractivity contribution in [1.29, 1.82) is 0 Å². The molecule has 2 aromatic rings. The Bertz CT molecular complexity index is 551. The van der Waals surface area contributed by atoms with Gasteiger partial charge < -0.3 is 10.1 Å². The summed E-state index contributed by atoms with van der Waals surface area (Å²) < 4.78 is 13.4. The number of H-pyrrole nitrogens is 1. The first-order chi connectivity index (χ1) is 7.59. The zero-order valence-corrected chi connectivity index (χ0v) is 8.75. The number of hydrogen-bond donors (Lipinski definition) is 2. The molecule has 0 spiro atoms. The minimum Gasteiger partial charge on any atom is -0.478 e. The van der Waals surface area contributed by atoms with Crippen LogP contribution in [0.15, 0.2) is 30.3 Å². The summed E-state index contributed by atoms with van der Waals surface area (Å²) in [7, 11) is 0. The van der Waals surface area contributed by atoms with Crippen molar-refractivity contribution < 1.29 is 14.3 Å². The van der Waals surface area contributed by atoms with Gasteiger partial charge in [-0.25, -0.2) is 9.18 Å². The molecule has 1 aromatic carbocycles. The number of rotatable bonds is 2. The molecule has 0 fully saturated rings. The van der Waals surface area contributed by atoms with E-state index in [0.29, 0.717) is 5.69 Å². The first-order valence-corrected chi connectivity index (χ1v) is 4.84. The van der Waals surface area contributed by atoms with E-state index in [1.54, 1.807) is 18.2 Å². The van der Waals surface area contributed by atoms with Crippen molar-refractivity contribution in [2.24, 2.45) is 0 Å². The first-order valence-electron chi connectivity index (χ1n) is 4.46. The lowest BCUT2D eigenvalue weighted by Gasteiger charge is -1.98. The fourth-order valence-corrected chi connectivity index (χ4v) is 1.65. The van der Waals surface area contributed by atoms with Crippen LogP contribution >= 0.6 is 11.6 Å². The number of carboxylic acid groups (broad SMARTS) is 1. The molecule has 2 rings (SSSR count). The Morgan fingerprint density at radius 2 is 2.06 bits per heavy atom. The molecule has 1 heterocycles. The fraction of sp³-hybridized carbons (Fsp3) is 0. The Balaban J connectivity index is 2.54. The van der Waals surface area contributed by atoms with Gasteiger partial charge in [-0.3, -0.25) is 0 Å². The Kier molecular flexibility index (Phi) is 2.66. The van der Waals surface area contributed by atoms with Crippen molar-refractivity contribution in [2.75, 3.05) is 0 Å². The monoisotopic (exact) mass is 239 g/mol. The van der Waals surface area contributed by atoms with Crippen molar-refractivity contribution >= 4 is 17.6 Å². The average molecular weight is 240 g/mol. The van der Waals surface area contributed by atoms with Gasteiger partial charge in [0.25, 0.3) is 0 Å². The second kappa shape index (κ2) is 3.98. The van der Waals surface area contributed by atoms with Gasteiger partial charge in [0.15, 0.2) is 0 Å². The van der Waals surface area contributed by atoms with Crippen molar-refractivity contribution in [1.82, 2.24) is 4.98 Å². The summed E-state index contributed by atoms with van der Waals surface area (Å²) in [5, 5.41) is 8.79. The molecule has 0 saturated carbocycles. The number of benzene rings is 1. The van der Waals surface area contributed by atoms with Crippen LogP contribution in [0.1, 0.15) is 10.4 Å². The molecule has 16 heavy (non-hydrogen) atoms. The quantitative estimate of drug-likeness (QED) is 0.846. The molecule has 0 unspecified atom stereocenters. The molecule has 0 bridgehead atoms. The van der Waals surface area contributed by atoms with E-state index in [-0.39, 0.29) is 16.3 Å². The molecule has 0 saturated heterocycles. The molecule has 0 amide bonds. The van der Waals surface area contributed by atoms with Crippen LogP contribution in [0.4, 0.5) is 4.39 Å². The number of aromatic nitrogens is 1. The van der Waals surface area contributed by atoms with Crippen LogP contribution in [-0.4, -0.2) is 16.1 Å². The van der Waals surface area contributed by atoms with Crippen molar-refractivity contribution in [3.8, 4) is 11.3 Å². The van der Waals surface area contributed by atoms with E-state index in [2.05, 4.69) is 4.98 Å². The lowest BCUT2D eigenvalue weighted by atomic mass is 10.1. The number of halogens is 2. The molecule has 5 heteroatoms. The van der Waals surface area contributed by atoms with Crippen LogP contribution < -0.4 is 0 Å². The van der Waals surface area contributed by atoms with Crippen LogP contribution in [0.5, 0.6) is 0 Å². The van der Waals surface area contributed by atoms with Gasteiger partial charge in [0.05, 0.1) is 11.3 Å². The van der Waals surface area contributed by atoms with Gasteiger partial charge in [-0.1, -0.05) is 23.7 Å². The van der Waals surface area contributed by atoms with Gasteiger partial charge >= 0.3 is 5.97 Å². The van der Waals surface area contributed by atoms with Crippen molar-refractivity contribution in [2.45, 2.75) is 0 Å². The van der Waals surface area contributed by atoms with Gasteiger partial charge in [-0.05, 0) is 18.2 Å². The first kappa shape index (κ1) is 10.7. The number of carbonyl (C=O) groups is 1. The zero-order chi connectivity index (χ0) is 11.7. The number of hydrogen-bond acceptors (Lipinski definition) is 1. The van der Waals surface area contributed by atoms with Gasteiger partial charge in [0.2, 0.25) is 0 Å². The molecular formula is C11H7ClFNO2. The summed E-state index contributed by atoms with van der Waals surface area (Å²) in [6.07, 6.45) is 0. The lowest BCUT2D eigenvalue weighted by Crippen LogP contribution is -1.93. The lowest BCUT2D eigenvalue weighted by molar-refractivity contribution is 0.0697. The number of carboxylic acids is 1. The number of aromatic carboxylic acids is 1. The summed E-state index contributed by atoms with van der Waals surface area (Å²) >= 11 is 5.68. The van der Waals surface area contributed by atoms with Crippen LogP contribution in [0.3, 0.4) is 0 Å². The summed E-state index contributed by atoms with van der Waals surface area (Å²) in [6.45, 7) is 0. The molecular weight excluding hydrogens is 233 g/mol. The van der Waals surface area contributed by atoms with Crippen LogP contribution in [-0.2, 0) is 0 Å². The van der Waals surface area contributed by atoms with E-state index in [1.807, 2.05) is 0 Å². The summed E-state index contributed by atoms with van der Waals surface area (Å²) in [5.74, 6) is -1.58. The third kappa shape index (κ3) is 1.79. The van der Waals surface area contributed by atoms with Crippen molar-refractivity contribution in [3.63, 3.8) is 0 Å². The molecule has 0 aliphatic rings. The number of aromatic amines is 1. The molecule has 1 aromatic heterocycles. The van der Waals surface area contributed by atoms with E-state index in [1.165, 1.54) is 12.1 Å². The highest BCUT2D eigenvalue weighted by Crippen LogP contribution is 2.26. The Morgan fingerprint density at radius 1 is 1.38 bits per heavy atom. The second-order valence-electron chi connectivity index (χ2n) is 3.20. The largest absolute Gasteiger partial charge is 0.478 e. The summed E-state index contributed by atoms with van der Waals surface area (Å²) in [4.78, 5) is 13.4. The maximum Gasteiger partial charge on any atom is 0.338 e. The van der Waals surface area contributed by atoms with Gasteiger partial charge in [0.1, 0.15) is 11.0 Å². The van der Waals surface area contributed by atoms with E-state index in [9.17, 15) is 9.18 Å². The summed E-state index contributed by atoms with van der Waals surface area (Å²) in [6, 6.07) is 7.37. The van der Waals surface area contributed by atoms with Crippen LogP contribution in [0.25, 0.3) is 11.3 Å². The molecule has 0 atom stereocenters. The Morgan fingerprint density at radius 3 is 2.62 bits per heavy atom. The number of nitrogens with one attached hydrogen (secondary N) is 1. The van der Waals surface area contributed by atoms with E-state index < -0.39 is 11.8 Å². The molecule has 0 aliphatic carbocycles. The molecule has 0 aliphatic heterocycles. The zero-order valence-electron chi connectivity index (χ0n) is 8.00. The molecule has 82 valence electrons. The van der Waals surface area contributed by atoms with Gasteiger partial charge in [0, 0.05) is 5.56 Å².